The Bertz CT molecular complexity index is 977. The van der Waals surface area contributed by atoms with Crippen LogP contribution in [0.5, 0.6) is 11.5 Å². The van der Waals surface area contributed by atoms with Crippen LogP contribution >= 0.6 is 0 Å². The summed E-state index contributed by atoms with van der Waals surface area (Å²) in [5.74, 6) is 1.24. The number of fused-ring (bicyclic) bond motifs is 1. The molecule has 0 aromatic heterocycles. The van der Waals surface area contributed by atoms with Crippen LogP contribution in [0.25, 0.3) is 6.08 Å². The van der Waals surface area contributed by atoms with Gasteiger partial charge in [0.25, 0.3) is 5.91 Å². The largest absolute Gasteiger partial charge is 0.493 e. The Morgan fingerprint density at radius 3 is 2.67 bits per heavy atom. The van der Waals surface area contributed by atoms with E-state index in [9.17, 15) is 9.59 Å². The van der Waals surface area contributed by atoms with E-state index in [1.54, 1.807) is 30.3 Å². The first-order valence-corrected chi connectivity index (χ1v) is 10.4. The van der Waals surface area contributed by atoms with Gasteiger partial charge in [0.15, 0.2) is 0 Å². The summed E-state index contributed by atoms with van der Waals surface area (Å²) >= 11 is 0. The van der Waals surface area contributed by atoms with E-state index in [0.717, 1.165) is 41.9 Å². The third-order valence-electron chi connectivity index (χ3n) is 5.07. The molecule has 30 heavy (non-hydrogen) atoms. The lowest BCUT2D eigenvalue weighted by Crippen LogP contribution is -2.25. The predicted molar refractivity (Wildman–Crippen MR) is 116 cm³/mol. The summed E-state index contributed by atoms with van der Waals surface area (Å²) in [6.45, 7) is 4.51. The van der Waals surface area contributed by atoms with Crippen molar-refractivity contribution >= 4 is 23.6 Å². The highest BCUT2D eigenvalue weighted by Gasteiger charge is 2.24. The van der Waals surface area contributed by atoms with E-state index >= 15 is 0 Å². The van der Waals surface area contributed by atoms with E-state index in [4.69, 9.17) is 9.47 Å². The van der Waals surface area contributed by atoms with Gasteiger partial charge in [0.05, 0.1) is 6.61 Å². The molecule has 2 N–H and O–H groups in total. The molecule has 1 saturated carbocycles. The summed E-state index contributed by atoms with van der Waals surface area (Å²) in [7, 11) is 0. The topological polar surface area (TPSA) is 76.7 Å². The minimum atomic E-state index is -0.262. The van der Waals surface area contributed by atoms with E-state index in [1.807, 2.05) is 26.0 Å². The fourth-order valence-corrected chi connectivity index (χ4v) is 3.42. The minimum absolute atomic E-state index is 0.0770. The first-order chi connectivity index (χ1) is 14.5. The Morgan fingerprint density at radius 2 is 1.97 bits per heavy atom. The summed E-state index contributed by atoms with van der Waals surface area (Å²) in [6, 6.07) is 11.1. The Balaban J connectivity index is 1.41. The second kappa shape index (κ2) is 8.61. The standard InChI is InChI=1S/C24H26N2O4/c1-3-29-21-14-18-12-15(2)30-22(18)13-17(21)6-11-23(27)25-19-7-4-16(5-8-19)24(28)26-20-9-10-20/h4-8,11,13-15,20H,3,9-10,12H2,1-2H3,(H,25,27)(H,26,28)/b11-6+. The predicted octanol–water partition coefficient (Wildman–Crippen LogP) is 3.95. The normalized spacial score (nSPS) is 17.3. The number of benzene rings is 2. The number of nitrogens with one attached hydrogen (secondary N) is 2. The monoisotopic (exact) mass is 406 g/mol. The number of hydrogen-bond donors (Lipinski definition) is 2. The number of amides is 2. The molecule has 1 heterocycles. The van der Waals surface area contributed by atoms with Crippen LogP contribution in [0, 0.1) is 0 Å². The molecule has 1 fully saturated rings. The highest BCUT2D eigenvalue weighted by molar-refractivity contribution is 6.02. The molecule has 156 valence electrons. The smallest absolute Gasteiger partial charge is 0.251 e. The maximum Gasteiger partial charge on any atom is 0.251 e. The molecule has 2 aliphatic rings. The third-order valence-corrected chi connectivity index (χ3v) is 5.07. The zero-order valence-electron chi connectivity index (χ0n) is 17.2. The van der Waals surface area contributed by atoms with Crippen LogP contribution in [0.3, 0.4) is 0 Å². The van der Waals surface area contributed by atoms with Gasteiger partial charge in [-0.15, -0.1) is 0 Å². The fourth-order valence-electron chi connectivity index (χ4n) is 3.42. The quantitative estimate of drug-likeness (QED) is 0.683. The van der Waals surface area contributed by atoms with Crippen molar-refractivity contribution in [1.29, 1.82) is 0 Å². The average Bonchev–Trinajstić information content (AvgIpc) is 3.46. The molecule has 4 rings (SSSR count). The van der Waals surface area contributed by atoms with Crippen molar-refractivity contribution in [2.24, 2.45) is 0 Å². The molecule has 6 heteroatoms. The van der Waals surface area contributed by atoms with Gasteiger partial charge < -0.3 is 20.1 Å². The maximum atomic E-state index is 12.4. The molecular formula is C24H26N2O4. The van der Waals surface area contributed by atoms with E-state index < -0.39 is 0 Å². The maximum absolute atomic E-state index is 12.4. The fraction of sp³-hybridized carbons (Fsp3) is 0.333. The molecule has 1 aliphatic carbocycles. The average molecular weight is 406 g/mol. The zero-order chi connectivity index (χ0) is 21.1. The molecule has 2 aromatic rings. The lowest BCUT2D eigenvalue weighted by molar-refractivity contribution is -0.111. The third kappa shape index (κ3) is 4.82. The van der Waals surface area contributed by atoms with Gasteiger partial charge in [-0.3, -0.25) is 9.59 Å². The van der Waals surface area contributed by atoms with E-state index in [2.05, 4.69) is 10.6 Å². The van der Waals surface area contributed by atoms with Gasteiger partial charge in [0, 0.05) is 40.9 Å². The van der Waals surface area contributed by atoms with E-state index in [0.29, 0.717) is 23.9 Å². The number of rotatable bonds is 7. The van der Waals surface area contributed by atoms with Gasteiger partial charge in [-0.2, -0.15) is 0 Å². The number of carbonyl (C=O) groups is 2. The van der Waals surface area contributed by atoms with Crippen molar-refractivity contribution in [1.82, 2.24) is 5.32 Å². The first-order valence-electron chi connectivity index (χ1n) is 10.4. The van der Waals surface area contributed by atoms with Gasteiger partial charge in [-0.1, -0.05) is 0 Å². The van der Waals surface area contributed by atoms with Crippen LogP contribution in [-0.2, 0) is 11.2 Å². The van der Waals surface area contributed by atoms with Crippen molar-refractivity contribution < 1.29 is 19.1 Å². The molecule has 0 bridgehead atoms. The van der Waals surface area contributed by atoms with Crippen molar-refractivity contribution in [3.63, 3.8) is 0 Å². The Morgan fingerprint density at radius 1 is 1.20 bits per heavy atom. The molecule has 1 unspecified atom stereocenters. The second-order valence-corrected chi connectivity index (χ2v) is 7.71. The van der Waals surface area contributed by atoms with Crippen molar-refractivity contribution in [2.75, 3.05) is 11.9 Å². The van der Waals surface area contributed by atoms with Crippen LogP contribution in [0.4, 0.5) is 5.69 Å². The summed E-state index contributed by atoms with van der Waals surface area (Å²) in [4.78, 5) is 24.4. The molecule has 1 aliphatic heterocycles. The molecule has 2 amide bonds. The Labute approximate surface area is 176 Å². The Kier molecular flexibility index (Phi) is 5.74. The second-order valence-electron chi connectivity index (χ2n) is 7.71. The van der Waals surface area contributed by atoms with Gasteiger partial charge in [0.2, 0.25) is 5.91 Å². The summed E-state index contributed by atoms with van der Waals surface area (Å²) < 4.78 is 11.6. The zero-order valence-corrected chi connectivity index (χ0v) is 17.2. The minimum Gasteiger partial charge on any atom is -0.493 e. The van der Waals surface area contributed by atoms with Gasteiger partial charge in [-0.25, -0.2) is 0 Å². The van der Waals surface area contributed by atoms with Gasteiger partial charge in [0.1, 0.15) is 17.6 Å². The van der Waals surface area contributed by atoms with Gasteiger partial charge in [-0.05, 0) is 69.2 Å². The molecule has 1 atom stereocenters. The lowest BCUT2D eigenvalue weighted by Gasteiger charge is -2.10. The van der Waals surface area contributed by atoms with E-state index in [1.165, 1.54) is 6.08 Å². The number of ether oxygens (including phenoxy) is 2. The number of anilines is 1. The SMILES string of the molecule is CCOc1cc2c(cc1/C=C/C(=O)Nc1ccc(C(=O)NC3CC3)cc1)OC(C)C2. The molecule has 0 saturated heterocycles. The van der Waals surface area contributed by atoms with Crippen molar-refractivity contribution in [3.05, 3.63) is 59.2 Å². The van der Waals surface area contributed by atoms with Crippen LogP contribution in [0.2, 0.25) is 0 Å². The number of hydrogen-bond acceptors (Lipinski definition) is 4. The van der Waals surface area contributed by atoms with E-state index in [-0.39, 0.29) is 17.9 Å². The van der Waals surface area contributed by atoms with Gasteiger partial charge >= 0.3 is 0 Å². The highest BCUT2D eigenvalue weighted by atomic mass is 16.5. The summed E-state index contributed by atoms with van der Waals surface area (Å²) in [5, 5.41) is 5.76. The Hall–Kier alpha value is -3.28. The van der Waals surface area contributed by atoms with Crippen LogP contribution in [0.1, 0.15) is 48.2 Å². The number of carbonyl (C=O) groups excluding carboxylic acids is 2. The molecule has 0 spiro atoms. The molecule has 0 radical (unpaired) electrons. The molecule has 6 nitrogen and oxygen atoms in total. The van der Waals surface area contributed by atoms with Crippen molar-refractivity contribution in [3.8, 4) is 11.5 Å². The van der Waals surface area contributed by atoms with Crippen LogP contribution in [0.15, 0.2) is 42.5 Å². The first kappa shape index (κ1) is 20.0. The lowest BCUT2D eigenvalue weighted by atomic mass is 10.1. The molecule has 2 aromatic carbocycles. The van der Waals surface area contributed by atoms with Crippen LogP contribution in [-0.4, -0.2) is 30.6 Å². The highest BCUT2D eigenvalue weighted by Crippen LogP contribution is 2.35. The summed E-state index contributed by atoms with van der Waals surface area (Å²) in [5.41, 5.74) is 3.14. The van der Waals surface area contributed by atoms with Crippen LogP contribution < -0.4 is 20.1 Å². The van der Waals surface area contributed by atoms with Crippen molar-refractivity contribution in [2.45, 2.75) is 45.3 Å². The molecular weight excluding hydrogens is 380 g/mol. The summed E-state index contributed by atoms with van der Waals surface area (Å²) in [6.07, 6.45) is 6.29.